The van der Waals surface area contributed by atoms with E-state index < -0.39 is 0 Å². The molecule has 2 atom stereocenters. The van der Waals surface area contributed by atoms with Crippen molar-refractivity contribution in [1.29, 1.82) is 0 Å². The molecule has 3 aliphatic rings. The van der Waals surface area contributed by atoms with E-state index in [1.165, 1.54) is 11.3 Å². The second-order valence-electron chi connectivity index (χ2n) is 7.49. The molecule has 27 heavy (non-hydrogen) atoms. The van der Waals surface area contributed by atoms with Crippen LogP contribution in [0.4, 0.5) is 5.13 Å². The van der Waals surface area contributed by atoms with Gasteiger partial charge in [-0.2, -0.15) is 0 Å². The lowest BCUT2D eigenvalue weighted by Crippen LogP contribution is -2.40. The number of rotatable bonds is 3. The molecular formula is C20H20N2O4S. The van der Waals surface area contributed by atoms with E-state index in [-0.39, 0.29) is 30.5 Å². The van der Waals surface area contributed by atoms with E-state index in [0.717, 1.165) is 36.3 Å². The van der Waals surface area contributed by atoms with Crippen molar-refractivity contribution in [2.45, 2.75) is 32.1 Å². The monoisotopic (exact) mass is 384 g/mol. The number of amides is 1. The molecule has 6 nitrogen and oxygen atoms in total. The van der Waals surface area contributed by atoms with E-state index in [4.69, 9.17) is 9.47 Å². The number of nitrogens with one attached hydrogen (secondary N) is 1. The summed E-state index contributed by atoms with van der Waals surface area (Å²) in [4.78, 5) is 29.5. The lowest BCUT2D eigenvalue weighted by atomic mass is 9.67. The topological polar surface area (TPSA) is 77.5 Å². The lowest BCUT2D eigenvalue weighted by Gasteiger charge is -2.36. The van der Waals surface area contributed by atoms with Gasteiger partial charge in [0.15, 0.2) is 16.6 Å². The predicted molar refractivity (Wildman–Crippen MR) is 101 cm³/mol. The van der Waals surface area contributed by atoms with E-state index >= 15 is 0 Å². The van der Waals surface area contributed by atoms with Crippen molar-refractivity contribution in [3.63, 3.8) is 0 Å². The van der Waals surface area contributed by atoms with E-state index in [1.807, 2.05) is 23.6 Å². The molecule has 2 bridgehead atoms. The summed E-state index contributed by atoms with van der Waals surface area (Å²) in [5, 5.41) is 5.47. The number of ketones is 1. The van der Waals surface area contributed by atoms with Crippen molar-refractivity contribution >= 4 is 28.2 Å². The first kappa shape index (κ1) is 16.7. The molecule has 2 fully saturated rings. The van der Waals surface area contributed by atoms with Gasteiger partial charge in [0, 0.05) is 28.7 Å². The molecule has 0 saturated heterocycles. The molecule has 140 valence electrons. The molecule has 1 aromatic heterocycles. The number of fused-ring (bicyclic) bond motifs is 3. The fraction of sp³-hybridized carbons (Fsp3) is 0.450. The fourth-order valence-electron chi connectivity index (χ4n) is 4.42. The molecule has 1 aromatic carbocycles. The summed E-state index contributed by atoms with van der Waals surface area (Å²) in [5.41, 5.74) is 1.72. The Morgan fingerprint density at radius 2 is 1.93 bits per heavy atom. The summed E-state index contributed by atoms with van der Waals surface area (Å²) in [6.07, 6.45) is 4.35. The van der Waals surface area contributed by atoms with Crippen molar-refractivity contribution in [3.05, 3.63) is 23.6 Å². The molecule has 7 heteroatoms. The largest absolute Gasteiger partial charge is 0.454 e. The van der Waals surface area contributed by atoms with Gasteiger partial charge in [0.05, 0.1) is 5.69 Å². The Kier molecular flexibility index (Phi) is 4.11. The summed E-state index contributed by atoms with van der Waals surface area (Å²) in [6, 6.07) is 5.70. The number of Topliss-reactive ketones (excluding diaryl/α,β-unsaturated/α-hetero) is 1. The SMILES string of the molecule is O=C(Nc1nc(-c2ccc3c(c2)OCO3)cs1)C1CC2CCCC(C1)C2=O. The summed E-state index contributed by atoms with van der Waals surface area (Å²) in [6.45, 7) is 0.239. The second kappa shape index (κ2) is 6.64. The number of carbonyl (C=O) groups is 2. The zero-order valence-electron chi connectivity index (χ0n) is 14.8. The van der Waals surface area contributed by atoms with Gasteiger partial charge < -0.3 is 14.8 Å². The minimum Gasteiger partial charge on any atom is -0.454 e. The number of carbonyl (C=O) groups excluding carboxylic acids is 2. The minimum absolute atomic E-state index is 0.00835. The standard InChI is InChI=1S/C20H20N2O4S/c23-18-12-2-1-3-13(18)7-14(6-12)19(24)22-20-21-15(9-27-20)11-4-5-16-17(8-11)26-10-25-16/h4-5,8-9,12-14H,1-3,6-7,10H2,(H,21,22,24). The van der Waals surface area contributed by atoms with E-state index in [1.54, 1.807) is 0 Å². The lowest BCUT2D eigenvalue weighted by molar-refractivity contribution is -0.136. The van der Waals surface area contributed by atoms with Gasteiger partial charge in [-0.05, 0) is 43.9 Å². The van der Waals surface area contributed by atoms with E-state index in [9.17, 15) is 9.59 Å². The summed E-state index contributed by atoms with van der Waals surface area (Å²) in [7, 11) is 0. The van der Waals surface area contributed by atoms with Crippen LogP contribution in [0, 0.1) is 17.8 Å². The van der Waals surface area contributed by atoms with Crippen LogP contribution in [0.25, 0.3) is 11.3 Å². The van der Waals surface area contributed by atoms with Crippen LogP contribution in [0.5, 0.6) is 11.5 Å². The number of aromatic nitrogens is 1. The quantitative estimate of drug-likeness (QED) is 0.869. The number of nitrogens with zero attached hydrogens (tertiary/aromatic N) is 1. The molecule has 0 spiro atoms. The molecule has 2 unspecified atom stereocenters. The summed E-state index contributed by atoms with van der Waals surface area (Å²) in [5.74, 6) is 1.89. The van der Waals surface area contributed by atoms with Gasteiger partial charge in [0.1, 0.15) is 5.78 Å². The van der Waals surface area contributed by atoms with E-state index in [0.29, 0.717) is 29.5 Å². The van der Waals surface area contributed by atoms with E-state index in [2.05, 4.69) is 10.3 Å². The van der Waals surface area contributed by atoms with Crippen LogP contribution in [0.1, 0.15) is 32.1 Å². The van der Waals surface area contributed by atoms with Crippen LogP contribution < -0.4 is 14.8 Å². The third-order valence-electron chi connectivity index (χ3n) is 5.82. The third-order valence-corrected chi connectivity index (χ3v) is 6.58. The van der Waals surface area contributed by atoms with Crippen LogP contribution in [0.2, 0.25) is 0 Å². The Morgan fingerprint density at radius 3 is 2.74 bits per heavy atom. The fourth-order valence-corrected chi connectivity index (χ4v) is 5.14. The molecule has 1 N–H and O–H groups in total. The summed E-state index contributed by atoms with van der Waals surface area (Å²) < 4.78 is 10.7. The molecule has 2 aromatic rings. The molecule has 2 aliphatic carbocycles. The Morgan fingerprint density at radius 1 is 1.15 bits per heavy atom. The number of hydrogen-bond donors (Lipinski definition) is 1. The number of ether oxygens (including phenoxy) is 2. The van der Waals surface area contributed by atoms with Gasteiger partial charge in [-0.3, -0.25) is 9.59 Å². The second-order valence-corrected chi connectivity index (χ2v) is 8.35. The predicted octanol–water partition coefficient (Wildman–Crippen LogP) is 3.87. The molecular weight excluding hydrogens is 364 g/mol. The zero-order valence-corrected chi connectivity index (χ0v) is 15.6. The Balaban J connectivity index is 1.28. The van der Waals surface area contributed by atoms with Gasteiger partial charge in [0.2, 0.25) is 12.7 Å². The van der Waals surface area contributed by atoms with Crippen molar-refractivity contribution in [1.82, 2.24) is 4.98 Å². The van der Waals surface area contributed by atoms with Crippen molar-refractivity contribution < 1.29 is 19.1 Å². The van der Waals surface area contributed by atoms with Gasteiger partial charge in [0.25, 0.3) is 0 Å². The first-order valence-electron chi connectivity index (χ1n) is 9.37. The Hall–Kier alpha value is -2.41. The van der Waals surface area contributed by atoms with Crippen LogP contribution >= 0.6 is 11.3 Å². The van der Waals surface area contributed by atoms with Crippen LogP contribution in [-0.4, -0.2) is 23.5 Å². The van der Waals surface area contributed by atoms with Crippen LogP contribution in [-0.2, 0) is 9.59 Å². The molecule has 1 amide bonds. The smallest absolute Gasteiger partial charge is 0.231 e. The highest BCUT2D eigenvalue weighted by Gasteiger charge is 2.41. The number of hydrogen-bond acceptors (Lipinski definition) is 6. The number of benzene rings is 1. The van der Waals surface area contributed by atoms with Crippen molar-refractivity contribution in [2.24, 2.45) is 17.8 Å². The molecule has 5 rings (SSSR count). The third kappa shape index (κ3) is 3.10. The first-order chi connectivity index (χ1) is 13.2. The maximum Gasteiger partial charge on any atom is 0.231 e. The minimum atomic E-state index is -0.0871. The average Bonchev–Trinajstić information content (AvgIpc) is 3.29. The highest BCUT2D eigenvalue weighted by atomic mass is 32.1. The maximum absolute atomic E-state index is 12.7. The molecule has 2 saturated carbocycles. The number of thiazole rings is 1. The number of anilines is 1. The van der Waals surface area contributed by atoms with Crippen molar-refractivity contribution in [2.75, 3.05) is 12.1 Å². The Labute approximate surface area is 160 Å². The van der Waals surface area contributed by atoms with Crippen LogP contribution in [0.15, 0.2) is 23.6 Å². The van der Waals surface area contributed by atoms with Gasteiger partial charge in [-0.15, -0.1) is 11.3 Å². The van der Waals surface area contributed by atoms with Crippen molar-refractivity contribution in [3.8, 4) is 22.8 Å². The van der Waals surface area contributed by atoms with Gasteiger partial charge in [-0.1, -0.05) is 6.42 Å². The Bertz CT molecular complexity index is 893. The van der Waals surface area contributed by atoms with Gasteiger partial charge >= 0.3 is 0 Å². The molecule has 1 aliphatic heterocycles. The average molecular weight is 384 g/mol. The first-order valence-corrected chi connectivity index (χ1v) is 10.3. The van der Waals surface area contributed by atoms with Gasteiger partial charge in [-0.25, -0.2) is 4.98 Å². The zero-order chi connectivity index (χ0) is 18.4. The maximum atomic E-state index is 12.7. The molecule has 0 radical (unpaired) electrons. The highest BCUT2D eigenvalue weighted by molar-refractivity contribution is 7.14. The normalized spacial score (nSPS) is 26.1. The summed E-state index contributed by atoms with van der Waals surface area (Å²) >= 11 is 1.41. The molecule has 2 heterocycles. The van der Waals surface area contributed by atoms with Crippen LogP contribution in [0.3, 0.4) is 0 Å². The highest BCUT2D eigenvalue weighted by Crippen LogP contribution is 2.41.